The van der Waals surface area contributed by atoms with E-state index in [2.05, 4.69) is 18.7 Å². The van der Waals surface area contributed by atoms with Gasteiger partial charge in [0.2, 0.25) is 5.91 Å². The zero-order valence-corrected chi connectivity index (χ0v) is 13.0. The first-order chi connectivity index (χ1) is 9.93. The molecule has 1 aromatic rings. The molecule has 2 aliphatic rings. The highest BCUT2D eigenvalue weighted by Crippen LogP contribution is 2.47. The van der Waals surface area contributed by atoms with Crippen molar-refractivity contribution in [3.05, 3.63) is 29.6 Å². The monoisotopic (exact) mass is 290 g/mol. The molecule has 114 valence electrons. The van der Waals surface area contributed by atoms with Gasteiger partial charge >= 0.3 is 0 Å². The van der Waals surface area contributed by atoms with Crippen LogP contribution in [0.25, 0.3) is 0 Å². The number of likely N-dealkylation sites (tertiary alicyclic amines) is 1. The fourth-order valence-corrected chi connectivity index (χ4v) is 3.82. The van der Waals surface area contributed by atoms with Crippen LogP contribution in [-0.4, -0.2) is 36.5 Å². The normalized spacial score (nSPS) is 20.2. The number of carbonyl (C=O) groups is 1. The highest BCUT2D eigenvalue weighted by atomic mass is 19.1. The zero-order valence-electron chi connectivity index (χ0n) is 13.0. The quantitative estimate of drug-likeness (QED) is 0.794. The number of fused-ring (bicyclic) bond motifs is 2. The molecule has 0 radical (unpaired) electrons. The van der Waals surface area contributed by atoms with Crippen molar-refractivity contribution in [1.29, 1.82) is 0 Å². The molecule has 1 amide bonds. The maximum absolute atomic E-state index is 13.7. The lowest BCUT2D eigenvalue weighted by atomic mass is 9.74. The van der Waals surface area contributed by atoms with Crippen molar-refractivity contribution in [3.8, 4) is 0 Å². The summed E-state index contributed by atoms with van der Waals surface area (Å²) < 4.78 is 13.7. The predicted octanol–water partition coefficient (Wildman–Crippen LogP) is 2.93. The number of nitrogens with zero attached hydrogens (tertiary/aromatic N) is 2. The topological polar surface area (TPSA) is 23.6 Å². The second kappa shape index (κ2) is 5.00. The molecule has 2 aliphatic heterocycles. The lowest BCUT2D eigenvalue weighted by Crippen LogP contribution is -2.47. The molecule has 0 aromatic heterocycles. The van der Waals surface area contributed by atoms with Gasteiger partial charge in [0.15, 0.2) is 0 Å². The van der Waals surface area contributed by atoms with Gasteiger partial charge in [-0.1, -0.05) is 0 Å². The zero-order chi connectivity index (χ0) is 15.2. The van der Waals surface area contributed by atoms with Crippen LogP contribution in [0.2, 0.25) is 0 Å². The molecule has 0 bridgehead atoms. The Morgan fingerprint density at radius 1 is 1.29 bits per heavy atom. The number of halogens is 1. The smallest absolute Gasteiger partial charge is 0.219 e. The average molecular weight is 290 g/mol. The van der Waals surface area contributed by atoms with E-state index >= 15 is 0 Å². The molecule has 21 heavy (non-hydrogen) atoms. The minimum Gasteiger partial charge on any atom is -0.368 e. The van der Waals surface area contributed by atoms with E-state index in [-0.39, 0.29) is 17.1 Å². The summed E-state index contributed by atoms with van der Waals surface area (Å²) in [7, 11) is 0. The maximum Gasteiger partial charge on any atom is 0.219 e. The Bertz CT molecular complexity index is 562. The van der Waals surface area contributed by atoms with Gasteiger partial charge in [0.1, 0.15) is 5.82 Å². The Kier molecular flexibility index (Phi) is 3.42. The second-order valence-electron chi connectivity index (χ2n) is 6.67. The van der Waals surface area contributed by atoms with E-state index in [0.29, 0.717) is 6.04 Å². The summed E-state index contributed by atoms with van der Waals surface area (Å²) in [6, 6.07) is 5.58. The lowest BCUT2D eigenvalue weighted by molar-refractivity contribution is -0.130. The second-order valence-corrected chi connectivity index (χ2v) is 6.67. The summed E-state index contributed by atoms with van der Waals surface area (Å²) in [4.78, 5) is 15.8. The van der Waals surface area contributed by atoms with Crippen LogP contribution < -0.4 is 4.90 Å². The van der Waals surface area contributed by atoms with Gasteiger partial charge in [0.25, 0.3) is 0 Å². The summed E-state index contributed by atoms with van der Waals surface area (Å²) >= 11 is 0. The third-order valence-electron chi connectivity index (χ3n) is 5.10. The largest absolute Gasteiger partial charge is 0.368 e. The minimum atomic E-state index is -0.160. The van der Waals surface area contributed by atoms with Crippen LogP contribution in [0.4, 0.5) is 10.1 Å². The first-order valence-electron chi connectivity index (χ1n) is 7.75. The standard InChI is InChI=1S/C17H23FN2O/c1-12(2)20-11-17(6-8-19(9-7-17)13(3)21)15-10-14(18)4-5-16(15)20/h4-5,10,12H,6-9,11H2,1-3H3. The van der Waals surface area contributed by atoms with E-state index in [1.165, 1.54) is 5.69 Å². The molecule has 4 heteroatoms. The highest BCUT2D eigenvalue weighted by Gasteiger charge is 2.45. The Balaban J connectivity index is 1.95. The molecule has 2 heterocycles. The number of hydrogen-bond acceptors (Lipinski definition) is 2. The van der Waals surface area contributed by atoms with Crippen LogP contribution in [0.1, 0.15) is 39.2 Å². The first-order valence-corrected chi connectivity index (χ1v) is 7.75. The average Bonchev–Trinajstić information content (AvgIpc) is 2.74. The van der Waals surface area contributed by atoms with Gasteiger partial charge < -0.3 is 9.80 Å². The predicted molar refractivity (Wildman–Crippen MR) is 82.0 cm³/mol. The number of hydrogen-bond donors (Lipinski definition) is 0. The Morgan fingerprint density at radius 3 is 2.52 bits per heavy atom. The van der Waals surface area contributed by atoms with Gasteiger partial charge in [-0.25, -0.2) is 4.39 Å². The molecule has 0 unspecified atom stereocenters. The Morgan fingerprint density at radius 2 is 1.95 bits per heavy atom. The van der Waals surface area contributed by atoms with Crippen LogP contribution in [0.15, 0.2) is 18.2 Å². The summed E-state index contributed by atoms with van der Waals surface area (Å²) in [5, 5.41) is 0. The molecule has 1 spiro atoms. The number of carbonyl (C=O) groups excluding carboxylic acids is 1. The van der Waals surface area contributed by atoms with Crippen LogP contribution in [0, 0.1) is 5.82 Å². The van der Waals surface area contributed by atoms with E-state index in [0.717, 1.165) is 38.0 Å². The van der Waals surface area contributed by atoms with Crippen molar-refractivity contribution in [2.45, 2.75) is 45.1 Å². The van der Waals surface area contributed by atoms with E-state index in [1.54, 1.807) is 19.1 Å². The summed E-state index contributed by atoms with van der Waals surface area (Å²) in [6.07, 6.45) is 1.85. The van der Waals surface area contributed by atoms with E-state index in [1.807, 2.05) is 11.0 Å². The van der Waals surface area contributed by atoms with E-state index in [4.69, 9.17) is 0 Å². The summed E-state index contributed by atoms with van der Waals surface area (Å²) in [5.74, 6) is -0.0178. The van der Waals surface area contributed by atoms with Gasteiger partial charge in [-0.05, 0) is 50.5 Å². The lowest BCUT2D eigenvalue weighted by Gasteiger charge is -2.40. The Labute approximate surface area is 125 Å². The third-order valence-corrected chi connectivity index (χ3v) is 5.10. The SMILES string of the molecule is CC(=O)N1CCC2(CC1)CN(C(C)C)c1ccc(F)cc12. The molecule has 3 nitrogen and oxygen atoms in total. The number of anilines is 1. The summed E-state index contributed by atoms with van der Waals surface area (Å²) in [5.41, 5.74) is 2.32. The van der Waals surface area contributed by atoms with E-state index < -0.39 is 0 Å². The van der Waals surface area contributed by atoms with Crippen LogP contribution in [0.5, 0.6) is 0 Å². The molecule has 3 rings (SSSR count). The molecule has 0 saturated carbocycles. The van der Waals surface area contributed by atoms with Gasteiger partial charge in [0.05, 0.1) is 0 Å². The van der Waals surface area contributed by atoms with Crippen molar-refractivity contribution < 1.29 is 9.18 Å². The first kappa shape index (κ1) is 14.4. The molecule has 0 atom stereocenters. The molecule has 0 N–H and O–H groups in total. The minimum absolute atomic E-state index is 0.00759. The number of amides is 1. The molecule has 1 aromatic carbocycles. The van der Waals surface area contributed by atoms with Gasteiger partial charge in [-0.15, -0.1) is 0 Å². The molecule has 1 fully saturated rings. The molecule has 1 saturated heterocycles. The summed E-state index contributed by atoms with van der Waals surface area (Å²) in [6.45, 7) is 8.47. The maximum atomic E-state index is 13.7. The van der Waals surface area contributed by atoms with Crippen molar-refractivity contribution in [3.63, 3.8) is 0 Å². The van der Waals surface area contributed by atoms with Gasteiger partial charge in [-0.3, -0.25) is 4.79 Å². The van der Waals surface area contributed by atoms with Gasteiger partial charge in [0, 0.05) is 43.7 Å². The molecular weight excluding hydrogens is 267 g/mol. The van der Waals surface area contributed by atoms with Crippen LogP contribution in [0.3, 0.4) is 0 Å². The number of benzene rings is 1. The number of rotatable bonds is 1. The van der Waals surface area contributed by atoms with Crippen LogP contribution in [-0.2, 0) is 10.2 Å². The fourth-order valence-electron chi connectivity index (χ4n) is 3.82. The van der Waals surface area contributed by atoms with Crippen LogP contribution >= 0.6 is 0 Å². The van der Waals surface area contributed by atoms with E-state index in [9.17, 15) is 9.18 Å². The van der Waals surface area contributed by atoms with Crippen molar-refractivity contribution in [1.82, 2.24) is 4.90 Å². The number of piperidine rings is 1. The van der Waals surface area contributed by atoms with Crippen molar-refractivity contribution in [2.75, 3.05) is 24.5 Å². The van der Waals surface area contributed by atoms with Gasteiger partial charge in [-0.2, -0.15) is 0 Å². The Hall–Kier alpha value is -1.58. The fraction of sp³-hybridized carbons (Fsp3) is 0.588. The highest BCUT2D eigenvalue weighted by molar-refractivity contribution is 5.73. The molecule has 0 aliphatic carbocycles. The van der Waals surface area contributed by atoms with Crippen molar-refractivity contribution >= 4 is 11.6 Å². The van der Waals surface area contributed by atoms with Crippen molar-refractivity contribution in [2.24, 2.45) is 0 Å². The molecular formula is C17H23FN2O. The third kappa shape index (κ3) is 2.30.